The average molecular weight is 272 g/mol. The SMILES string of the molecule is CCC(Nc1nc2ccc(C)cn2n1)c1cccs1. The van der Waals surface area contributed by atoms with Gasteiger partial charge in [-0.15, -0.1) is 16.4 Å². The Bertz CT molecular complexity index is 672. The van der Waals surface area contributed by atoms with E-state index in [9.17, 15) is 0 Å². The van der Waals surface area contributed by atoms with Crippen LogP contribution in [0.5, 0.6) is 0 Å². The zero-order valence-corrected chi connectivity index (χ0v) is 11.8. The molecule has 0 amide bonds. The Hall–Kier alpha value is -1.88. The second-order valence-corrected chi connectivity index (χ2v) is 5.54. The third-order valence-corrected chi connectivity index (χ3v) is 4.06. The highest BCUT2D eigenvalue weighted by Gasteiger charge is 2.12. The lowest BCUT2D eigenvalue weighted by Crippen LogP contribution is -2.09. The van der Waals surface area contributed by atoms with Gasteiger partial charge < -0.3 is 5.32 Å². The van der Waals surface area contributed by atoms with Gasteiger partial charge >= 0.3 is 0 Å². The Morgan fingerprint density at radius 1 is 1.37 bits per heavy atom. The summed E-state index contributed by atoms with van der Waals surface area (Å²) >= 11 is 1.76. The summed E-state index contributed by atoms with van der Waals surface area (Å²) in [6, 6.07) is 8.53. The molecule has 0 aromatic carbocycles. The first-order valence-corrected chi connectivity index (χ1v) is 7.27. The van der Waals surface area contributed by atoms with Crippen LogP contribution in [0.2, 0.25) is 0 Å². The maximum atomic E-state index is 4.50. The largest absolute Gasteiger partial charge is 0.345 e. The highest BCUT2D eigenvalue weighted by Crippen LogP contribution is 2.25. The third-order valence-electron chi connectivity index (χ3n) is 3.08. The maximum absolute atomic E-state index is 4.50. The number of fused-ring (bicyclic) bond motifs is 1. The van der Waals surface area contributed by atoms with Crippen LogP contribution in [0, 0.1) is 6.92 Å². The summed E-state index contributed by atoms with van der Waals surface area (Å²) in [6.07, 6.45) is 2.99. The van der Waals surface area contributed by atoms with Gasteiger partial charge in [-0.1, -0.05) is 19.1 Å². The zero-order valence-electron chi connectivity index (χ0n) is 11.0. The lowest BCUT2D eigenvalue weighted by Gasteiger charge is -2.13. The first-order chi connectivity index (χ1) is 9.26. The molecule has 0 bridgehead atoms. The minimum absolute atomic E-state index is 0.276. The van der Waals surface area contributed by atoms with Crippen LogP contribution < -0.4 is 5.32 Å². The number of aromatic nitrogens is 3. The van der Waals surface area contributed by atoms with E-state index in [2.05, 4.69) is 46.8 Å². The van der Waals surface area contributed by atoms with E-state index in [1.165, 1.54) is 10.4 Å². The summed E-state index contributed by atoms with van der Waals surface area (Å²) in [5.41, 5.74) is 2.04. The molecule has 3 aromatic heterocycles. The molecule has 0 aliphatic heterocycles. The molecule has 0 radical (unpaired) electrons. The number of hydrogen-bond acceptors (Lipinski definition) is 4. The molecule has 3 aromatic rings. The van der Waals surface area contributed by atoms with E-state index in [4.69, 9.17) is 0 Å². The molecule has 1 unspecified atom stereocenters. The topological polar surface area (TPSA) is 42.2 Å². The number of pyridine rings is 1. The number of rotatable bonds is 4. The molecule has 4 nitrogen and oxygen atoms in total. The van der Waals surface area contributed by atoms with E-state index in [1.807, 2.05) is 22.8 Å². The fourth-order valence-corrected chi connectivity index (χ4v) is 2.93. The van der Waals surface area contributed by atoms with Crippen LogP contribution in [-0.2, 0) is 0 Å². The second kappa shape index (κ2) is 5.01. The summed E-state index contributed by atoms with van der Waals surface area (Å²) in [4.78, 5) is 5.81. The number of nitrogens with one attached hydrogen (secondary N) is 1. The molecule has 1 atom stereocenters. The summed E-state index contributed by atoms with van der Waals surface area (Å²) in [6.45, 7) is 4.21. The number of nitrogens with zero attached hydrogens (tertiary/aromatic N) is 3. The molecule has 3 heterocycles. The summed E-state index contributed by atoms with van der Waals surface area (Å²) in [5, 5.41) is 9.97. The zero-order chi connectivity index (χ0) is 13.2. The first-order valence-electron chi connectivity index (χ1n) is 6.39. The van der Waals surface area contributed by atoms with Gasteiger partial charge in [0.1, 0.15) is 0 Å². The lowest BCUT2D eigenvalue weighted by molar-refractivity contribution is 0.751. The van der Waals surface area contributed by atoms with Crippen molar-refractivity contribution in [3.8, 4) is 0 Å². The number of thiophene rings is 1. The Morgan fingerprint density at radius 3 is 3.00 bits per heavy atom. The molecular weight excluding hydrogens is 256 g/mol. The van der Waals surface area contributed by atoms with Crippen molar-refractivity contribution in [3.63, 3.8) is 0 Å². The van der Waals surface area contributed by atoms with Crippen LogP contribution >= 0.6 is 11.3 Å². The van der Waals surface area contributed by atoms with Crippen molar-refractivity contribution in [2.75, 3.05) is 5.32 Å². The van der Waals surface area contributed by atoms with Gasteiger partial charge in [0.15, 0.2) is 5.65 Å². The molecule has 19 heavy (non-hydrogen) atoms. The fraction of sp³-hybridized carbons (Fsp3) is 0.286. The van der Waals surface area contributed by atoms with Gasteiger partial charge in [-0.2, -0.15) is 4.98 Å². The molecule has 1 N–H and O–H groups in total. The lowest BCUT2D eigenvalue weighted by atomic mass is 10.2. The molecule has 3 rings (SSSR count). The molecule has 0 fully saturated rings. The molecular formula is C14H16N4S. The van der Waals surface area contributed by atoms with Gasteiger partial charge in [-0.3, -0.25) is 0 Å². The van der Waals surface area contributed by atoms with Gasteiger partial charge in [0.05, 0.1) is 6.04 Å². The second-order valence-electron chi connectivity index (χ2n) is 4.57. The minimum Gasteiger partial charge on any atom is -0.345 e. The highest BCUT2D eigenvalue weighted by atomic mass is 32.1. The summed E-state index contributed by atoms with van der Waals surface area (Å²) in [7, 11) is 0. The van der Waals surface area contributed by atoms with E-state index in [1.54, 1.807) is 11.3 Å². The monoisotopic (exact) mass is 272 g/mol. The quantitative estimate of drug-likeness (QED) is 0.788. The van der Waals surface area contributed by atoms with E-state index >= 15 is 0 Å². The highest BCUT2D eigenvalue weighted by molar-refractivity contribution is 7.10. The standard InChI is InChI=1S/C14H16N4S/c1-3-11(12-5-4-8-19-12)15-14-16-13-7-6-10(2)9-18(13)17-14/h4-9,11H,3H2,1-2H3,(H,15,17). The van der Waals surface area contributed by atoms with Crippen molar-refractivity contribution in [2.45, 2.75) is 26.3 Å². The molecule has 0 saturated heterocycles. The van der Waals surface area contributed by atoms with Crippen LogP contribution in [0.15, 0.2) is 35.8 Å². The van der Waals surface area contributed by atoms with Gasteiger partial charge in [0, 0.05) is 11.1 Å². The predicted octanol–water partition coefficient (Wildman–Crippen LogP) is 3.66. The van der Waals surface area contributed by atoms with Crippen molar-refractivity contribution in [1.82, 2.24) is 14.6 Å². The summed E-state index contributed by atoms with van der Waals surface area (Å²) in [5.74, 6) is 0.686. The molecule has 0 saturated carbocycles. The van der Waals surface area contributed by atoms with Crippen LogP contribution in [0.3, 0.4) is 0 Å². The van der Waals surface area contributed by atoms with Gasteiger partial charge in [-0.25, -0.2) is 4.52 Å². The van der Waals surface area contributed by atoms with Crippen molar-refractivity contribution < 1.29 is 0 Å². The Balaban J connectivity index is 1.88. The number of hydrogen-bond donors (Lipinski definition) is 1. The number of anilines is 1. The van der Waals surface area contributed by atoms with E-state index in [0.29, 0.717) is 5.95 Å². The predicted molar refractivity (Wildman–Crippen MR) is 78.7 cm³/mol. The van der Waals surface area contributed by atoms with Crippen molar-refractivity contribution in [1.29, 1.82) is 0 Å². The Kier molecular flexibility index (Phi) is 3.21. The molecule has 0 aliphatic carbocycles. The Morgan fingerprint density at radius 2 is 2.26 bits per heavy atom. The molecule has 0 aliphatic rings. The molecule has 98 valence electrons. The van der Waals surface area contributed by atoms with Crippen molar-refractivity contribution in [2.24, 2.45) is 0 Å². The normalized spacial score (nSPS) is 12.7. The number of aryl methyl sites for hydroxylation is 1. The van der Waals surface area contributed by atoms with Crippen LogP contribution in [-0.4, -0.2) is 14.6 Å². The first kappa shape index (κ1) is 12.2. The van der Waals surface area contributed by atoms with Crippen LogP contribution in [0.25, 0.3) is 5.65 Å². The van der Waals surface area contributed by atoms with Gasteiger partial charge in [-0.05, 0) is 36.4 Å². The molecule has 0 spiro atoms. The van der Waals surface area contributed by atoms with E-state index < -0.39 is 0 Å². The van der Waals surface area contributed by atoms with E-state index in [0.717, 1.165) is 12.1 Å². The van der Waals surface area contributed by atoms with Gasteiger partial charge in [0.25, 0.3) is 0 Å². The smallest absolute Gasteiger partial charge is 0.243 e. The van der Waals surface area contributed by atoms with Crippen molar-refractivity contribution >= 4 is 22.9 Å². The Labute approximate surface area is 116 Å². The van der Waals surface area contributed by atoms with Gasteiger partial charge in [0.2, 0.25) is 5.95 Å². The van der Waals surface area contributed by atoms with Crippen LogP contribution in [0.1, 0.15) is 29.8 Å². The average Bonchev–Trinajstić information content (AvgIpc) is 3.04. The molecule has 5 heteroatoms. The summed E-state index contributed by atoms with van der Waals surface area (Å²) < 4.78 is 1.82. The van der Waals surface area contributed by atoms with Crippen molar-refractivity contribution in [3.05, 3.63) is 46.3 Å². The maximum Gasteiger partial charge on any atom is 0.243 e. The van der Waals surface area contributed by atoms with Crippen LogP contribution in [0.4, 0.5) is 5.95 Å². The third kappa shape index (κ3) is 2.46. The van der Waals surface area contributed by atoms with E-state index in [-0.39, 0.29) is 6.04 Å². The fourth-order valence-electron chi connectivity index (χ4n) is 2.07. The minimum atomic E-state index is 0.276.